The minimum absolute atomic E-state index is 0.528. The highest BCUT2D eigenvalue weighted by Crippen LogP contribution is 2.29. The number of rotatable bonds is 5. The standard InChI is InChI=1S/C22H20ClN3S/c1-15(2)17-5-7-18(8-6-17)20-13-21-22(24-11-12-26(21)25-20)27-14-16-3-9-19(23)10-4-16/h3-13,15H,14H2,1-2H3. The van der Waals surface area contributed by atoms with Gasteiger partial charge in [-0.25, -0.2) is 9.50 Å². The average Bonchev–Trinajstić information content (AvgIpc) is 3.12. The van der Waals surface area contributed by atoms with Crippen LogP contribution in [0, 0.1) is 0 Å². The van der Waals surface area contributed by atoms with Crippen LogP contribution >= 0.6 is 23.4 Å². The van der Waals surface area contributed by atoms with Crippen molar-refractivity contribution in [3.63, 3.8) is 0 Å². The third kappa shape index (κ3) is 4.02. The molecule has 0 unspecified atom stereocenters. The molecule has 0 aliphatic heterocycles. The van der Waals surface area contributed by atoms with Gasteiger partial charge >= 0.3 is 0 Å². The summed E-state index contributed by atoms with van der Waals surface area (Å²) in [5.41, 5.74) is 5.67. The van der Waals surface area contributed by atoms with Crippen LogP contribution in [0.2, 0.25) is 5.02 Å². The monoisotopic (exact) mass is 393 g/mol. The maximum atomic E-state index is 5.96. The Morgan fingerprint density at radius 2 is 1.78 bits per heavy atom. The molecule has 4 rings (SSSR count). The fourth-order valence-corrected chi connectivity index (χ4v) is 3.98. The van der Waals surface area contributed by atoms with Crippen LogP contribution in [0.1, 0.15) is 30.9 Å². The van der Waals surface area contributed by atoms with Crippen LogP contribution in [0.5, 0.6) is 0 Å². The molecule has 3 nitrogen and oxygen atoms in total. The van der Waals surface area contributed by atoms with E-state index in [-0.39, 0.29) is 0 Å². The van der Waals surface area contributed by atoms with Crippen molar-refractivity contribution in [1.82, 2.24) is 14.6 Å². The van der Waals surface area contributed by atoms with E-state index in [0.29, 0.717) is 5.92 Å². The smallest absolute Gasteiger partial charge is 0.122 e. The van der Waals surface area contributed by atoms with Crippen molar-refractivity contribution >= 4 is 28.9 Å². The van der Waals surface area contributed by atoms with Gasteiger partial charge in [0.2, 0.25) is 0 Å². The van der Waals surface area contributed by atoms with Crippen molar-refractivity contribution in [2.45, 2.75) is 30.5 Å². The van der Waals surface area contributed by atoms with Gasteiger partial charge in [-0.3, -0.25) is 0 Å². The van der Waals surface area contributed by atoms with Crippen LogP contribution in [0.25, 0.3) is 16.8 Å². The molecule has 136 valence electrons. The molecular weight excluding hydrogens is 374 g/mol. The summed E-state index contributed by atoms with van der Waals surface area (Å²) in [7, 11) is 0. The van der Waals surface area contributed by atoms with Crippen molar-refractivity contribution < 1.29 is 0 Å². The minimum atomic E-state index is 0.528. The number of hydrogen-bond donors (Lipinski definition) is 0. The van der Waals surface area contributed by atoms with Crippen molar-refractivity contribution in [2.75, 3.05) is 0 Å². The van der Waals surface area contributed by atoms with E-state index in [1.165, 1.54) is 11.1 Å². The highest BCUT2D eigenvalue weighted by Gasteiger charge is 2.10. The molecule has 0 N–H and O–H groups in total. The molecule has 0 aliphatic rings. The molecule has 5 heteroatoms. The summed E-state index contributed by atoms with van der Waals surface area (Å²) in [6.07, 6.45) is 3.70. The van der Waals surface area contributed by atoms with E-state index < -0.39 is 0 Å². The van der Waals surface area contributed by atoms with Crippen molar-refractivity contribution in [1.29, 1.82) is 0 Å². The third-order valence-corrected chi connectivity index (χ3v) is 5.83. The molecule has 0 bridgehead atoms. The number of aromatic nitrogens is 3. The van der Waals surface area contributed by atoms with Crippen molar-refractivity contribution in [3.05, 3.63) is 83.1 Å². The minimum Gasteiger partial charge on any atom is -0.246 e. The van der Waals surface area contributed by atoms with Gasteiger partial charge in [0.05, 0.1) is 11.2 Å². The molecule has 0 saturated heterocycles. The molecule has 2 heterocycles. The van der Waals surface area contributed by atoms with Crippen molar-refractivity contribution in [2.24, 2.45) is 0 Å². The second-order valence-electron chi connectivity index (χ2n) is 6.78. The normalized spacial score (nSPS) is 11.4. The van der Waals surface area contributed by atoms with E-state index in [9.17, 15) is 0 Å². The molecule has 0 fully saturated rings. The molecule has 27 heavy (non-hydrogen) atoms. The maximum Gasteiger partial charge on any atom is 0.122 e. The molecule has 0 aliphatic carbocycles. The predicted octanol–water partition coefficient (Wildman–Crippen LogP) is 6.47. The quantitative estimate of drug-likeness (QED) is 0.364. The van der Waals surface area contributed by atoms with Gasteiger partial charge in [0.25, 0.3) is 0 Å². The summed E-state index contributed by atoms with van der Waals surface area (Å²) in [6, 6.07) is 18.7. The molecule has 0 saturated carbocycles. The largest absolute Gasteiger partial charge is 0.246 e. The Kier molecular flexibility index (Phi) is 5.19. The number of thioether (sulfide) groups is 1. The SMILES string of the molecule is CC(C)c1ccc(-c2cc3c(SCc4ccc(Cl)cc4)nccn3n2)cc1. The molecule has 0 atom stereocenters. The number of fused-ring (bicyclic) bond motifs is 1. The van der Waals surface area contributed by atoms with E-state index >= 15 is 0 Å². The maximum absolute atomic E-state index is 5.96. The lowest BCUT2D eigenvalue weighted by atomic mass is 10.0. The van der Waals surface area contributed by atoms with Crippen LogP contribution in [0.3, 0.4) is 0 Å². The fraction of sp³-hybridized carbons (Fsp3) is 0.182. The van der Waals surface area contributed by atoms with Crippen molar-refractivity contribution in [3.8, 4) is 11.3 Å². The van der Waals surface area contributed by atoms with Crippen LogP contribution in [-0.4, -0.2) is 14.6 Å². The van der Waals surface area contributed by atoms with Gasteiger partial charge in [-0.2, -0.15) is 5.10 Å². The molecule has 0 radical (unpaired) electrons. The first-order valence-corrected chi connectivity index (χ1v) is 10.3. The lowest BCUT2D eigenvalue weighted by Crippen LogP contribution is -1.91. The number of nitrogens with zero attached hydrogens (tertiary/aromatic N) is 3. The van der Waals surface area contributed by atoms with E-state index in [2.05, 4.69) is 49.2 Å². The predicted molar refractivity (Wildman–Crippen MR) is 114 cm³/mol. The van der Waals surface area contributed by atoms with E-state index in [4.69, 9.17) is 16.7 Å². The Morgan fingerprint density at radius 1 is 1.04 bits per heavy atom. The zero-order valence-electron chi connectivity index (χ0n) is 15.3. The first-order chi connectivity index (χ1) is 13.1. The van der Waals surface area contributed by atoms with Gasteiger partial charge in [-0.05, 0) is 35.2 Å². The van der Waals surface area contributed by atoms with Crippen LogP contribution in [0.15, 0.2) is 72.0 Å². The highest BCUT2D eigenvalue weighted by atomic mass is 35.5. The van der Waals surface area contributed by atoms with Gasteiger partial charge in [0.1, 0.15) is 5.03 Å². The summed E-state index contributed by atoms with van der Waals surface area (Å²) in [4.78, 5) is 4.56. The summed E-state index contributed by atoms with van der Waals surface area (Å²) in [6.45, 7) is 4.41. The molecule has 0 spiro atoms. The Hall–Kier alpha value is -2.30. The first kappa shape index (κ1) is 18.1. The van der Waals surface area contributed by atoms with E-state index in [0.717, 1.165) is 32.6 Å². The molecular formula is C22H20ClN3S. The van der Waals surface area contributed by atoms with Gasteiger partial charge in [-0.15, -0.1) is 0 Å². The molecule has 2 aromatic carbocycles. The van der Waals surface area contributed by atoms with Crippen LogP contribution < -0.4 is 0 Å². The number of hydrogen-bond acceptors (Lipinski definition) is 3. The first-order valence-electron chi connectivity index (χ1n) is 8.92. The Balaban J connectivity index is 1.60. The Bertz CT molecular complexity index is 1050. The zero-order chi connectivity index (χ0) is 18.8. The second-order valence-corrected chi connectivity index (χ2v) is 8.18. The molecule has 2 aromatic heterocycles. The summed E-state index contributed by atoms with van der Waals surface area (Å²) in [5.74, 6) is 1.37. The number of halogens is 1. The lowest BCUT2D eigenvalue weighted by molar-refractivity contribution is 0.866. The lowest BCUT2D eigenvalue weighted by Gasteiger charge is -2.05. The van der Waals surface area contributed by atoms with Gasteiger partial charge < -0.3 is 0 Å². The third-order valence-electron chi connectivity index (χ3n) is 4.52. The summed E-state index contributed by atoms with van der Waals surface area (Å²) >= 11 is 7.67. The average molecular weight is 394 g/mol. The van der Waals surface area contributed by atoms with Gasteiger partial charge in [-0.1, -0.05) is 73.6 Å². The van der Waals surface area contributed by atoms with E-state index in [1.54, 1.807) is 18.0 Å². The Morgan fingerprint density at radius 3 is 2.48 bits per heavy atom. The fourth-order valence-electron chi connectivity index (χ4n) is 2.92. The van der Waals surface area contributed by atoms with Crippen LogP contribution in [-0.2, 0) is 5.75 Å². The summed E-state index contributed by atoms with van der Waals surface area (Å²) in [5, 5.41) is 6.46. The van der Waals surface area contributed by atoms with Gasteiger partial charge in [0, 0.05) is 28.7 Å². The van der Waals surface area contributed by atoms with E-state index in [1.807, 2.05) is 35.0 Å². The molecule has 4 aromatic rings. The second kappa shape index (κ2) is 7.75. The Labute approximate surface area is 168 Å². The molecule has 0 amide bonds. The van der Waals surface area contributed by atoms with Gasteiger partial charge in [0.15, 0.2) is 0 Å². The number of benzene rings is 2. The highest BCUT2D eigenvalue weighted by molar-refractivity contribution is 7.98. The van der Waals surface area contributed by atoms with Crippen LogP contribution in [0.4, 0.5) is 0 Å². The summed E-state index contributed by atoms with van der Waals surface area (Å²) < 4.78 is 1.91. The topological polar surface area (TPSA) is 30.2 Å². The zero-order valence-corrected chi connectivity index (χ0v) is 16.8.